The van der Waals surface area contributed by atoms with Gasteiger partial charge in [0.1, 0.15) is 5.82 Å². The third-order valence-electron chi connectivity index (χ3n) is 3.85. The number of carbonyl (C=O) groups excluding carboxylic acids is 1. The summed E-state index contributed by atoms with van der Waals surface area (Å²) < 4.78 is 0.947. The van der Waals surface area contributed by atoms with E-state index in [1.165, 1.54) is 0 Å². The smallest absolute Gasteiger partial charge is 0.217 e. The number of halogens is 2. The highest BCUT2D eigenvalue weighted by Gasteiger charge is 2.21. The highest BCUT2D eigenvalue weighted by atomic mass is 79.9. The van der Waals surface area contributed by atoms with Gasteiger partial charge in [-0.2, -0.15) is 0 Å². The van der Waals surface area contributed by atoms with Crippen molar-refractivity contribution in [3.8, 4) is 0 Å². The van der Waals surface area contributed by atoms with Crippen molar-refractivity contribution in [1.29, 1.82) is 0 Å². The van der Waals surface area contributed by atoms with Crippen LogP contribution in [0.25, 0.3) is 10.9 Å². The molecule has 1 fully saturated rings. The summed E-state index contributed by atoms with van der Waals surface area (Å²) in [5, 5.41) is 4.65. The molecule has 116 valence electrons. The number of fused-ring (bicyclic) bond motifs is 1. The standard InChI is InChI=1S/C16H17BrClN3O/c1-10(22)19-13-3-2-6-21(9-13)15-5-4-11-7-12(17)8-14(18)16(11)20-15/h4-5,7-8,13H,2-3,6,9H2,1H3,(H,19,22). The van der Waals surface area contributed by atoms with Gasteiger partial charge in [-0.25, -0.2) is 4.98 Å². The van der Waals surface area contributed by atoms with Gasteiger partial charge in [-0.1, -0.05) is 27.5 Å². The minimum atomic E-state index is 0.0196. The highest BCUT2D eigenvalue weighted by Crippen LogP contribution is 2.29. The Morgan fingerprint density at radius 1 is 1.45 bits per heavy atom. The summed E-state index contributed by atoms with van der Waals surface area (Å²) in [5.41, 5.74) is 0.809. The maximum Gasteiger partial charge on any atom is 0.217 e. The van der Waals surface area contributed by atoms with E-state index >= 15 is 0 Å². The lowest BCUT2D eigenvalue weighted by molar-refractivity contribution is -0.119. The molecule has 0 saturated carbocycles. The number of nitrogens with one attached hydrogen (secondary N) is 1. The van der Waals surface area contributed by atoms with E-state index in [0.717, 1.165) is 47.1 Å². The molecule has 3 rings (SSSR count). The molecule has 4 nitrogen and oxygen atoms in total. The van der Waals surface area contributed by atoms with E-state index in [-0.39, 0.29) is 11.9 Å². The van der Waals surface area contributed by atoms with Crippen molar-refractivity contribution in [1.82, 2.24) is 10.3 Å². The molecule has 1 atom stereocenters. The van der Waals surface area contributed by atoms with Crippen molar-refractivity contribution in [2.45, 2.75) is 25.8 Å². The predicted octanol–water partition coefficient (Wildman–Crippen LogP) is 3.76. The van der Waals surface area contributed by atoms with Gasteiger partial charge in [0.25, 0.3) is 0 Å². The summed E-state index contributed by atoms with van der Waals surface area (Å²) in [6, 6.07) is 8.10. The Morgan fingerprint density at radius 3 is 3.05 bits per heavy atom. The maximum absolute atomic E-state index is 11.2. The molecular formula is C16H17BrClN3O. The molecule has 2 aromatic rings. The molecule has 1 aliphatic rings. The third kappa shape index (κ3) is 3.36. The van der Waals surface area contributed by atoms with E-state index < -0.39 is 0 Å². The largest absolute Gasteiger partial charge is 0.355 e. The Kier molecular flexibility index (Phi) is 4.54. The number of hydrogen-bond acceptors (Lipinski definition) is 3. The van der Waals surface area contributed by atoms with E-state index in [9.17, 15) is 4.79 Å². The van der Waals surface area contributed by atoms with Gasteiger partial charge < -0.3 is 10.2 Å². The lowest BCUT2D eigenvalue weighted by Gasteiger charge is -2.34. The van der Waals surface area contributed by atoms with Crippen LogP contribution in [0.3, 0.4) is 0 Å². The van der Waals surface area contributed by atoms with Crippen molar-refractivity contribution in [2.24, 2.45) is 0 Å². The second-order valence-corrected chi connectivity index (χ2v) is 6.94. The van der Waals surface area contributed by atoms with Crippen LogP contribution in [-0.2, 0) is 4.79 Å². The van der Waals surface area contributed by atoms with Crippen LogP contribution in [0.1, 0.15) is 19.8 Å². The van der Waals surface area contributed by atoms with Gasteiger partial charge in [-0.3, -0.25) is 4.79 Å². The Morgan fingerprint density at radius 2 is 2.27 bits per heavy atom. The molecule has 0 radical (unpaired) electrons. The fraction of sp³-hybridized carbons (Fsp3) is 0.375. The zero-order valence-corrected chi connectivity index (χ0v) is 14.6. The second kappa shape index (κ2) is 6.42. The number of carbonyl (C=O) groups is 1. The van der Waals surface area contributed by atoms with E-state index in [4.69, 9.17) is 16.6 Å². The SMILES string of the molecule is CC(=O)NC1CCCN(c2ccc3cc(Br)cc(Cl)c3n2)C1. The van der Waals surface area contributed by atoms with Gasteiger partial charge in [0.2, 0.25) is 5.91 Å². The number of aromatic nitrogens is 1. The lowest BCUT2D eigenvalue weighted by Crippen LogP contribution is -2.47. The lowest BCUT2D eigenvalue weighted by atomic mass is 10.1. The number of anilines is 1. The third-order valence-corrected chi connectivity index (χ3v) is 4.59. The molecule has 1 saturated heterocycles. The molecule has 22 heavy (non-hydrogen) atoms. The summed E-state index contributed by atoms with van der Waals surface area (Å²) in [7, 11) is 0. The van der Waals surface area contributed by atoms with E-state index in [1.54, 1.807) is 6.92 Å². The van der Waals surface area contributed by atoms with Crippen LogP contribution in [0.2, 0.25) is 5.02 Å². The Hall–Kier alpha value is -1.33. The fourth-order valence-corrected chi connectivity index (χ4v) is 3.79. The molecule has 1 N–H and O–H groups in total. The summed E-state index contributed by atoms with van der Waals surface area (Å²) >= 11 is 9.75. The molecule has 0 spiro atoms. The van der Waals surface area contributed by atoms with Crippen LogP contribution >= 0.6 is 27.5 Å². The molecule has 1 aliphatic heterocycles. The average molecular weight is 383 g/mol. The molecule has 1 aromatic carbocycles. The normalized spacial score (nSPS) is 18.5. The van der Waals surface area contributed by atoms with Crippen LogP contribution in [0, 0.1) is 0 Å². The van der Waals surface area contributed by atoms with Crippen LogP contribution in [0.4, 0.5) is 5.82 Å². The summed E-state index contributed by atoms with van der Waals surface area (Å²) in [6.45, 7) is 3.29. The second-order valence-electron chi connectivity index (χ2n) is 5.61. The van der Waals surface area contributed by atoms with Crippen LogP contribution < -0.4 is 10.2 Å². The molecule has 2 heterocycles. The molecular weight excluding hydrogens is 366 g/mol. The first-order valence-electron chi connectivity index (χ1n) is 7.31. The highest BCUT2D eigenvalue weighted by molar-refractivity contribution is 9.10. The molecule has 0 bridgehead atoms. The first-order valence-corrected chi connectivity index (χ1v) is 8.48. The van der Waals surface area contributed by atoms with E-state index in [2.05, 4.69) is 26.1 Å². The molecule has 1 unspecified atom stereocenters. The average Bonchev–Trinajstić information content (AvgIpc) is 2.46. The topological polar surface area (TPSA) is 45.2 Å². The van der Waals surface area contributed by atoms with Gasteiger partial charge in [-0.15, -0.1) is 0 Å². The minimum Gasteiger partial charge on any atom is -0.355 e. The van der Waals surface area contributed by atoms with Crippen molar-refractivity contribution >= 4 is 50.2 Å². The number of nitrogens with zero attached hydrogens (tertiary/aromatic N) is 2. The van der Waals surface area contributed by atoms with E-state index in [0.29, 0.717) is 5.02 Å². The van der Waals surface area contributed by atoms with Crippen molar-refractivity contribution in [3.05, 3.63) is 33.8 Å². The summed E-state index contributed by atoms with van der Waals surface area (Å²) in [6.07, 6.45) is 2.05. The minimum absolute atomic E-state index is 0.0196. The van der Waals surface area contributed by atoms with Crippen LogP contribution in [0.15, 0.2) is 28.7 Å². The number of pyridine rings is 1. The van der Waals surface area contributed by atoms with Gasteiger partial charge >= 0.3 is 0 Å². The molecule has 1 aromatic heterocycles. The number of piperidine rings is 1. The zero-order chi connectivity index (χ0) is 15.7. The molecule has 1 amide bonds. The Labute approximate surface area is 143 Å². The molecule has 0 aliphatic carbocycles. The molecule has 6 heteroatoms. The van der Waals surface area contributed by atoms with Gasteiger partial charge in [0.15, 0.2) is 0 Å². The Bertz CT molecular complexity index is 722. The monoisotopic (exact) mass is 381 g/mol. The zero-order valence-electron chi connectivity index (χ0n) is 12.3. The predicted molar refractivity (Wildman–Crippen MR) is 93.5 cm³/mol. The number of rotatable bonds is 2. The van der Waals surface area contributed by atoms with Crippen molar-refractivity contribution < 1.29 is 4.79 Å². The van der Waals surface area contributed by atoms with Crippen molar-refractivity contribution in [3.63, 3.8) is 0 Å². The Balaban J connectivity index is 1.88. The number of amides is 1. The summed E-state index contributed by atoms with van der Waals surface area (Å²) in [4.78, 5) is 18.2. The van der Waals surface area contributed by atoms with Gasteiger partial charge in [-0.05, 0) is 37.1 Å². The summed E-state index contributed by atoms with van der Waals surface area (Å²) in [5.74, 6) is 0.929. The van der Waals surface area contributed by atoms with E-state index in [1.807, 2.05) is 24.3 Å². The maximum atomic E-state index is 11.2. The van der Waals surface area contributed by atoms with Crippen molar-refractivity contribution in [2.75, 3.05) is 18.0 Å². The first kappa shape index (κ1) is 15.6. The number of benzene rings is 1. The van der Waals surface area contributed by atoms with Gasteiger partial charge in [0, 0.05) is 35.9 Å². The quantitative estimate of drug-likeness (QED) is 0.860. The first-order chi connectivity index (χ1) is 10.5. The number of hydrogen-bond donors (Lipinski definition) is 1. The van der Waals surface area contributed by atoms with Gasteiger partial charge in [0.05, 0.1) is 10.5 Å². The fourth-order valence-electron chi connectivity index (χ4n) is 2.91. The van der Waals surface area contributed by atoms with Crippen LogP contribution in [0.5, 0.6) is 0 Å². The van der Waals surface area contributed by atoms with Crippen LogP contribution in [-0.4, -0.2) is 30.0 Å².